The molecule has 0 saturated carbocycles. The van der Waals surface area contributed by atoms with Gasteiger partial charge in [-0.1, -0.05) is 18.2 Å². The molecule has 2 aromatic carbocycles. The van der Waals surface area contributed by atoms with Gasteiger partial charge in [-0.25, -0.2) is 4.98 Å². The summed E-state index contributed by atoms with van der Waals surface area (Å²) in [5.41, 5.74) is 3.67. The summed E-state index contributed by atoms with van der Waals surface area (Å²) in [6, 6.07) is 13.1. The summed E-state index contributed by atoms with van der Waals surface area (Å²) >= 11 is 0. The molecule has 36 heavy (non-hydrogen) atoms. The molecule has 3 aromatic rings. The third kappa shape index (κ3) is 5.31. The molecular formula is C27H29N5O4. The number of likely N-dealkylation sites (tertiary alicyclic amines) is 1. The Bertz CT molecular complexity index is 1280. The maximum absolute atomic E-state index is 12.4. The fourth-order valence-corrected chi connectivity index (χ4v) is 4.60. The monoisotopic (exact) mass is 487 g/mol. The maximum atomic E-state index is 12.4. The minimum Gasteiger partial charge on any atom is -0.423 e. The molecule has 2 aliphatic heterocycles. The number of benzene rings is 2. The summed E-state index contributed by atoms with van der Waals surface area (Å²) in [5, 5.41) is 6.15. The lowest BCUT2D eigenvalue weighted by molar-refractivity contribution is -0.129. The molecule has 2 N–H and O–H groups in total. The van der Waals surface area contributed by atoms with Gasteiger partial charge < -0.3 is 15.1 Å². The van der Waals surface area contributed by atoms with Gasteiger partial charge in [-0.3, -0.25) is 24.2 Å². The molecule has 0 unspecified atom stereocenters. The van der Waals surface area contributed by atoms with Gasteiger partial charge in [0.2, 0.25) is 17.7 Å². The number of aromatic nitrogens is 1. The normalized spacial score (nSPS) is 16.4. The van der Waals surface area contributed by atoms with E-state index in [-0.39, 0.29) is 17.7 Å². The van der Waals surface area contributed by atoms with Crippen LogP contribution in [0.15, 0.2) is 53.1 Å². The third-order valence-corrected chi connectivity index (χ3v) is 6.50. The number of imide groups is 1. The molecule has 0 spiro atoms. The first kappa shape index (κ1) is 23.7. The van der Waals surface area contributed by atoms with Gasteiger partial charge >= 0.3 is 0 Å². The van der Waals surface area contributed by atoms with E-state index >= 15 is 0 Å². The van der Waals surface area contributed by atoms with E-state index in [9.17, 15) is 14.4 Å². The van der Waals surface area contributed by atoms with E-state index in [1.54, 1.807) is 24.4 Å². The molecule has 0 atom stereocenters. The number of rotatable bonds is 7. The average molecular weight is 488 g/mol. The number of carbonyl (C=O) groups is 3. The standard InChI is InChI=1S/C27H29N5O4/c1-18-10-11-20(29-24(33)17-31-12-2-3-13-31)15-22(18)30-27-28-16-23(36-27)19-6-4-7-21(14-19)32-25(34)8-5-9-26(32)35/h4,6-7,10-11,14-16H,2-3,5,8-9,12-13,17H2,1H3,(H,28,30)(H,29,33). The number of hydrogen-bond donors (Lipinski definition) is 2. The molecule has 9 nitrogen and oxygen atoms in total. The van der Waals surface area contributed by atoms with Crippen LogP contribution in [0.1, 0.15) is 37.7 Å². The second-order valence-electron chi connectivity index (χ2n) is 9.24. The van der Waals surface area contributed by atoms with Crippen LogP contribution in [-0.2, 0) is 14.4 Å². The van der Waals surface area contributed by atoms with Crippen LogP contribution in [0.3, 0.4) is 0 Å². The summed E-state index contributed by atoms with van der Waals surface area (Å²) in [5.74, 6) is 0.0945. The van der Waals surface area contributed by atoms with Gasteiger partial charge in [-0.05, 0) is 69.1 Å². The highest BCUT2D eigenvalue weighted by Gasteiger charge is 2.27. The molecule has 3 amide bonds. The number of hydrogen-bond acceptors (Lipinski definition) is 7. The summed E-state index contributed by atoms with van der Waals surface area (Å²) < 4.78 is 5.93. The molecular weight excluding hydrogens is 458 g/mol. The van der Waals surface area contributed by atoms with Crippen LogP contribution in [0.25, 0.3) is 11.3 Å². The molecule has 0 radical (unpaired) electrons. The van der Waals surface area contributed by atoms with Crippen molar-refractivity contribution in [1.29, 1.82) is 0 Å². The topological polar surface area (TPSA) is 108 Å². The zero-order chi connectivity index (χ0) is 25.1. The molecule has 9 heteroatoms. The molecule has 5 rings (SSSR count). The lowest BCUT2D eigenvalue weighted by Gasteiger charge is -2.25. The van der Waals surface area contributed by atoms with Gasteiger partial charge in [0.05, 0.1) is 18.4 Å². The van der Waals surface area contributed by atoms with Crippen molar-refractivity contribution in [1.82, 2.24) is 9.88 Å². The number of piperidine rings is 1. The number of nitrogens with one attached hydrogen (secondary N) is 2. The Morgan fingerprint density at radius 2 is 1.81 bits per heavy atom. The number of carbonyl (C=O) groups excluding carboxylic acids is 3. The SMILES string of the molecule is Cc1ccc(NC(=O)CN2CCCC2)cc1Nc1ncc(-c2cccc(N3C(=O)CCCC3=O)c2)o1. The van der Waals surface area contributed by atoms with Gasteiger partial charge in [-0.2, -0.15) is 0 Å². The van der Waals surface area contributed by atoms with E-state index in [0.717, 1.165) is 37.2 Å². The van der Waals surface area contributed by atoms with E-state index in [1.165, 1.54) is 4.90 Å². The summed E-state index contributed by atoms with van der Waals surface area (Å²) in [4.78, 5) is 44.8. The molecule has 3 heterocycles. The number of nitrogens with zero attached hydrogens (tertiary/aromatic N) is 3. The van der Waals surface area contributed by atoms with E-state index in [2.05, 4.69) is 20.5 Å². The minimum atomic E-state index is -0.189. The molecule has 0 aliphatic carbocycles. The Morgan fingerprint density at radius 1 is 1.03 bits per heavy atom. The predicted molar refractivity (Wildman–Crippen MR) is 137 cm³/mol. The first-order valence-electron chi connectivity index (χ1n) is 12.3. The van der Waals surface area contributed by atoms with E-state index in [4.69, 9.17) is 4.42 Å². The Morgan fingerprint density at radius 3 is 2.58 bits per heavy atom. The van der Waals surface area contributed by atoms with Gasteiger partial charge in [-0.15, -0.1) is 0 Å². The fraction of sp³-hybridized carbons (Fsp3) is 0.333. The van der Waals surface area contributed by atoms with E-state index < -0.39 is 0 Å². The van der Waals surface area contributed by atoms with E-state index in [1.807, 2.05) is 31.2 Å². The van der Waals surface area contributed by atoms with Crippen molar-refractivity contribution >= 4 is 40.8 Å². The lowest BCUT2D eigenvalue weighted by atomic mass is 10.1. The molecule has 2 aliphatic rings. The Balaban J connectivity index is 1.29. The highest BCUT2D eigenvalue weighted by atomic mass is 16.4. The zero-order valence-electron chi connectivity index (χ0n) is 20.3. The van der Waals surface area contributed by atoms with Crippen LogP contribution in [0, 0.1) is 6.92 Å². The van der Waals surface area contributed by atoms with E-state index in [0.29, 0.717) is 54.5 Å². The van der Waals surface area contributed by atoms with Crippen molar-refractivity contribution in [3.8, 4) is 11.3 Å². The van der Waals surface area contributed by atoms with Gasteiger partial charge in [0.25, 0.3) is 6.01 Å². The van der Waals surface area contributed by atoms with Crippen LogP contribution in [0.5, 0.6) is 0 Å². The summed E-state index contributed by atoms with van der Waals surface area (Å²) in [7, 11) is 0. The van der Waals surface area contributed by atoms with Crippen molar-refractivity contribution in [2.24, 2.45) is 0 Å². The van der Waals surface area contributed by atoms with Crippen molar-refractivity contribution < 1.29 is 18.8 Å². The van der Waals surface area contributed by atoms with Crippen LogP contribution in [0.2, 0.25) is 0 Å². The first-order valence-corrected chi connectivity index (χ1v) is 12.3. The molecule has 2 fully saturated rings. The van der Waals surface area contributed by atoms with Crippen LogP contribution in [0.4, 0.5) is 23.1 Å². The summed E-state index contributed by atoms with van der Waals surface area (Å²) in [6.45, 7) is 4.29. The molecule has 1 aromatic heterocycles. The smallest absolute Gasteiger partial charge is 0.299 e. The number of amides is 3. The van der Waals surface area contributed by atoms with Crippen LogP contribution < -0.4 is 15.5 Å². The number of aryl methyl sites for hydroxylation is 1. The first-order chi connectivity index (χ1) is 17.5. The number of anilines is 4. The van der Waals surface area contributed by atoms with Crippen molar-refractivity contribution in [3.05, 3.63) is 54.2 Å². The van der Waals surface area contributed by atoms with Crippen LogP contribution in [-0.4, -0.2) is 47.2 Å². The van der Waals surface area contributed by atoms with Gasteiger partial charge in [0.15, 0.2) is 5.76 Å². The van der Waals surface area contributed by atoms with Crippen molar-refractivity contribution in [2.75, 3.05) is 35.2 Å². The van der Waals surface area contributed by atoms with Crippen molar-refractivity contribution in [3.63, 3.8) is 0 Å². The largest absolute Gasteiger partial charge is 0.423 e. The highest BCUT2D eigenvalue weighted by Crippen LogP contribution is 2.31. The molecule has 0 bridgehead atoms. The Labute approximate surface area is 209 Å². The van der Waals surface area contributed by atoms with Crippen LogP contribution >= 0.6 is 0 Å². The maximum Gasteiger partial charge on any atom is 0.299 e. The van der Waals surface area contributed by atoms with Crippen molar-refractivity contribution in [2.45, 2.75) is 39.0 Å². The van der Waals surface area contributed by atoms with Gasteiger partial charge in [0.1, 0.15) is 0 Å². The second-order valence-corrected chi connectivity index (χ2v) is 9.24. The Hall–Kier alpha value is -3.98. The predicted octanol–water partition coefficient (Wildman–Crippen LogP) is 4.47. The fourth-order valence-electron chi connectivity index (χ4n) is 4.60. The summed E-state index contributed by atoms with van der Waals surface area (Å²) in [6.07, 6.45) is 5.20. The number of oxazole rings is 1. The second kappa shape index (κ2) is 10.3. The highest BCUT2D eigenvalue weighted by molar-refractivity contribution is 6.16. The third-order valence-electron chi connectivity index (χ3n) is 6.50. The van der Waals surface area contributed by atoms with Gasteiger partial charge in [0, 0.05) is 29.8 Å². The molecule has 186 valence electrons. The lowest BCUT2D eigenvalue weighted by Crippen LogP contribution is -2.40. The zero-order valence-corrected chi connectivity index (χ0v) is 20.3. The quantitative estimate of drug-likeness (QED) is 0.474. The minimum absolute atomic E-state index is 0.0318. The average Bonchev–Trinajstić information content (AvgIpc) is 3.54. The Kier molecular flexibility index (Phi) is 6.81. The molecule has 2 saturated heterocycles.